The van der Waals surface area contributed by atoms with E-state index in [1.807, 2.05) is 12.1 Å². The zero-order valence-electron chi connectivity index (χ0n) is 11.7. The van der Waals surface area contributed by atoms with Crippen molar-refractivity contribution < 1.29 is 14.3 Å². The van der Waals surface area contributed by atoms with E-state index in [1.165, 1.54) is 0 Å². The van der Waals surface area contributed by atoms with Crippen LogP contribution < -0.4 is 10.6 Å². The van der Waals surface area contributed by atoms with E-state index in [-0.39, 0.29) is 18.2 Å². The van der Waals surface area contributed by atoms with Gasteiger partial charge in [-0.2, -0.15) is 0 Å². The molecule has 0 spiro atoms. The number of nitrogens with one attached hydrogen (secondary N) is 2. The van der Waals surface area contributed by atoms with Crippen molar-refractivity contribution in [3.63, 3.8) is 0 Å². The number of Topliss-reactive ketones (excluding diaryl/α,β-unsaturated/α-hetero) is 1. The average Bonchev–Trinajstić information content (AvgIpc) is 2.45. The van der Waals surface area contributed by atoms with Gasteiger partial charge in [0.15, 0.2) is 5.78 Å². The number of ether oxygens (including phenoxy) is 1. The standard InChI is InChI=1S/C15H20N2O3/c1-20-8-7-16-10-15(19)17-12-6-5-11-3-2-4-14(18)13(11)9-12/h5-6,9,16H,2-4,7-8,10H2,1H3,(H,17,19). The van der Waals surface area contributed by atoms with Crippen LogP contribution >= 0.6 is 0 Å². The van der Waals surface area contributed by atoms with Crippen LogP contribution in [0, 0.1) is 0 Å². The maximum Gasteiger partial charge on any atom is 0.238 e. The summed E-state index contributed by atoms with van der Waals surface area (Å²) in [4.78, 5) is 23.6. The number of aryl methyl sites for hydroxylation is 1. The van der Waals surface area contributed by atoms with Crippen LogP contribution in [0.25, 0.3) is 0 Å². The topological polar surface area (TPSA) is 67.4 Å². The largest absolute Gasteiger partial charge is 0.383 e. The zero-order valence-corrected chi connectivity index (χ0v) is 11.7. The first kappa shape index (κ1) is 14.7. The lowest BCUT2D eigenvalue weighted by Gasteiger charge is -2.16. The summed E-state index contributed by atoms with van der Waals surface area (Å²) < 4.78 is 4.88. The Kier molecular flexibility index (Phi) is 5.26. The van der Waals surface area contributed by atoms with Crippen molar-refractivity contribution in [2.24, 2.45) is 0 Å². The minimum Gasteiger partial charge on any atom is -0.383 e. The molecular formula is C15H20N2O3. The molecule has 0 aliphatic heterocycles. The van der Waals surface area contributed by atoms with Crippen molar-refractivity contribution in [1.29, 1.82) is 0 Å². The van der Waals surface area contributed by atoms with Crippen LogP contribution in [0.4, 0.5) is 5.69 Å². The van der Waals surface area contributed by atoms with Crippen molar-refractivity contribution in [3.05, 3.63) is 29.3 Å². The monoisotopic (exact) mass is 276 g/mol. The molecule has 0 saturated heterocycles. The molecule has 108 valence electrons. The van der Waals surface area contributed by atoms with Gasteiger partial charge in [-0.3, -0.25) is 9.59 Å². The fraction of sp³-hybridized carbons (Fsp3) is 0.467. The predicted molar refractivity (Wildman–Crippen MR) is 77.1 cm³/mol. The van der Waals surface area contributed by atoms with Crippen molar-refractivity contribution in [2.45, 2.75) is 19.3 Å². The fourth-order valence-corrected chi connectivity index (χ4v) is 2.29. The molecule has 0 heterocycles. The molecule has 0 aromatic heterocycles. The zero-order chi connectivity index (χ0) is 14.4. The Morgan fingerprint density at radius 1 is 1.35 bits per heavy atom. The number of hydrogen-bond acceptors (Lipinski definition) is 4. The second kappa shape index (κ2) is 7.17. The summed E-state index contributed by atoms with van der Waals surface area (Å²) in [6.07, 6.45) is 2.46. The van der Waals surface area contributed by atoms with Crippen molar-refractivity contribution >= 4 is 17.4 Å². The highest BCUT2D eigenvalue weighted by molar-refractivity contribution is 6.00. The van der Waals surface area contributed by atoms with Crippen molar-refractivity contribution in [2.75, 3.05) is 32.1 Å². The third kappa shape index (κ3) is 3.88. The van der Waals surface area contributed by atoms with Crippen LogP contribution in [-0.4, -0.2) is 38.5 Å². The lowest BCUT2D eigenvalue weighted by molar-refractivity contribution is -0.115. The highest BCUT2D eigenvalue weighted by atomic mass is 16.5. The summed E-state index contributed by atoms with van der Waals surface area (Å²) in [5.74, 6) is 0.0462. The molecule has 2 rings (SSSR count). The van der Waals surface area contributed by atoms with Gasteiger partial charge in [-0.25, -0.2) is 0 Å². The van der Waals surface area contributed by atoms with Gasteiger partial charge in [0.25, 0.3) is 0 Å². The fourth-order valence-electron chi connectivity index (χ4n) is 2.29. The second-order valence-corrected chi connectivity index (χ2v) is 4.87. The van der Waals surface area contributed by atoms with E-state index in [9.17, 15) is 9.59 Å². The molecule has 1 amide bonds. The van der Waals surface area contributed by atoms with Crippen LogP contribution in [0.15, 0.2) is 18.2 Å². The molecule has 20 heavy (non-hydrogen) atoms. The highest BCUT2D eigenvalue weighted by Gasteiger charge is 2.17. The Morgan fingerprint density at radius 3 is 3.00 bits per heavy atom. The Bertz CT molecular complexity index is 500. The van der Waals surface area contributed by atoms with Gasteiger partial charge in [0, 0.05) is 31.3 Å². The van der Waals surface area contributed by atoms with Gasteiger partial charge < -0.3 is 15.4 Å². The normalized spacial score (nSPS) is 13.9. The summed E-state index contributed by atoms with van der Waals surface area (Å²) >= 11 is 0. The first-order valence-electron chi connectivity index (χ1n) is 6.86. The number of fused-ring (bicyclic) bond motifs is 1. The number of benzene rings is 1. The van der Waals surface area contributed by atoms with E-state index in [2.05, 4.69) is 10.6 Å². The second-order valence-electron chi connectivity index (χ2n) is 4.87. The lowest BCUT2D eigenvalue weighted by atomic mass is 9.90. The van der Waals surface area contributed by atoms with Crippen molar-refractivity contribution in [1.82, 2.24) is 5.32 Å². The quantitative estimate of drug-likeness (QED) is 0.770. The van der Waals surface area contributed by atoms with Crippen LogP contribution in [0.3, 0.4) is 0 Å². The summed E-state index contributed by atoms with van der Waals surface area (Å²) in [6, 6.07) is 5.56. The van der Waals surface area contributed by atoms with Crippen LogP contribution in [0.2, 0.25) is 0 Å². The van der Waals surface area contributed by atoms with Crippen LogP contribution in [0.5, 0.6) is 0 Å². The predicted octanol–water partition coefficient (Wildman–Crippen LogP) is 1.38. The minimum atomic E-state index is -0.121. The van der Waals surface area contributed by atoms with E-state index in [0.717, 1.165) is 24.0 Å². The molecule has 0 unspecified atom stereocenters. The average molecular weight is 276 g/mol. The maximum absolute atomic E-state index is 11.8. The molecule has 2 N–H and O–H groups in total. The molecule has 1 aromatic rings. The van der Waals surface area contributed by atoms with Crippen molar-refractivity contribution in [3.8, 4) is 0 Å². The number of hydrogen-bond donors (Lipinski definition) is 2. The summed E-state index contributed by atoms with van der Waals surface area (Å²) in [5.41, 5.74) is 2.51. The smallest absolute Gasteiger partial charge is 0.238 e. The number of anilines is 1. The molecule has 0 bridgehead atoms. The maximum atomic E-state index is 11.8. The molecule has 1 aromatic carbocycles. The third-order valence-electron chi connectivity index (χ3n) is 3.31. The van der Waals surface area contributed by atoms with Gasteiger partial charge >= 0.3 is 0 Å². The molecule has 0 atom stereocenters. The minimum absolute atomic E-state index is 0.121. The first-order valence-corrected chi connectivity index (χ1v) is 6.86. The Morgan fingerprint density at radius 2 is 2.20 bits per heavy atom. The van der Waals surface area contributed by atoms with E-state index >= 15 is 0 Å². The Balaban J connectivity index is 1.91. The summed E-state index contributed by atoms with van der Waals surface area (Å²) in [6.45, 7) is 1.43. The summed E-state index contributed by atoms with van der Waals surface area (Å²) in [7, 11) is 1.62. The lowest BCUT2D eigenvalue weighted by Crippen LogP contribution is -2.30. The molecule has 0 radical (unpaired) electrons. The van der Waals surface area contributed by atoms with Gasteiger partial charge in [0.1, 0.15) is 0 Å². The number of rotatable bonds is 6. The van der Waals surface area contributed by atoms with Crippen LogP contribution in [0.1, 0.15) is 28.8 Å². The van der Waals surface area contributed by atoms with Crippen LogP contribution in [-0.2, 0) is 16.0 Å². The number of methoxy groups -OCH3 is 1. The number of amides is 1. The molecule has 1 aliphatic carbocycles. The molecule has 0 fully saturated rings. The molecule has 1 aliphatic rings. The summed E-state index contributed by atoms with van der Waals surface area (Å²) in [5, 5.41) is 5.77. The third-order valence-corrected chi connectivity index (χ3v) is 3.31. The Hall–Kier alpha value is -1.72. The Labute approximate surface area is 118 Å². The van der Waals surface area contributed by atoms with E-state index in [1.54, 1.807) is 13.2 Å². The van der Waals surface area contributed by atoms with E-state index < -0.39 is 0 Å². The highest BCUT2D eigenvalue weighted by Crippen LogP contribution is 2.24. The number of carbonyl (C=O) groups is 2. The van der Waals surface area contributed by atoms with Gasteiger partial charge in [0.2, 0.25) is 5.91 Å². The number of carbonyl (C=O) groups excluding carboxylic acids is 2. The van der Waals surface area contributed by atoms with Gasteiger partial charge in [-0.05, 0) is 30.5 Å². The molecule has 5 heteroatoms. The van der Waals surface area contributed by atoms with Gasteiger partial charge in [-0.15, -0.1) is 0 Å². The molecule has 0 saturated carbocycles. The molecule has 5 nitrogen and oxygen atoms in total. The van der Waals surface area contributed by atoms with E-state index in [0.29, 0.717) is 25.3 Å². The van der Waals surface area contributed by atoms with Gasteiger partial charge in [-0.1, -0.05) is 6.07 Å². The first-order chi connectivity index (χ1) is 9.70. The molecular weight excluding hydrogens is 256 g/mol. The number of ketones is 1. The van der Waals surface area contributed by atoms with E-state index in [4.69, 9.17) is 4.74 Å². The van der Waals surface area contributed by atoms with Gasteiger partial charge in [0.05, 0.1) is 13.2 Å². The SMILES string of the molecule is COCCNCC(=O)Nc1ccc2c(c1)C(=O)CCC2.